The van der Waals surface area contributed by atoms with Crippen molar-refractivity contribution in [1.82, 2.24) is 0 Å². The minimum atomic E-state index is 0.0233. The summed E-state index contributed by atoms with van der Waals surface area (Å²) in [4.78, 5) is 0. The fourth-order valence-electron chi connectivity index (χ4n) is 2.74. The number of hydrogen-bond donors (Lipinski definition) is 1. The quantitative estimate of drug-likeness (QED) is 0.846. The maximum atomic E-state index is 6.41. The van der Waals surface area contributed by atoms with Crippen LogP contribution in [-0.4, -0.2) is 12.1 Å². The lowest BCUT2D eigenvalue weighted by molar-refractivity contribution is 0.254. The molecule has 2 heteroatoms. The first-order valence-electron chi connectivity index (χ1n) is 6.68. The van der Waals surface area contributed by atoms with Gasteiger partial charge in [0.2, 0.25) is 0 Å². The van der Waals surface area contributed by atoms with Gasteiger partial charge in [-0.2, -0.15) is 0 Å². The summed E-state index contributed by atoms with van der Waals surface area (Å²) >= 11 is 0. The lowest BCUT2D eigenvalue weighted by atomic mass is 9.93. The van der Waals surface area contributed by atoms with Gasteiger partial charge in [-0.05, 0) is 43.7 Å². The van der Waals surface area contributed by atoms with E-state index in [0.29, 0.717) is 0 Å². The highest BCUT2D eigenvalue weighted by molar-refractivity contribution is 5.20. The topological polar surface area (TPSA) is 35.2 Å². The van der Waals surface area contributed by atoms with Gasteiger partial charge in [0.05, 0.1) is 6.61 Å². The van der Waals surface area contributed by atoms with Crippen molar-refractivity contribution in [2.75, 3.05) is 6.61 Å². The van der Waals surface area contributed by atoms with E-state index >= 15 is 0 Å². The van der Waals surface area contributed by atoms with Crippen LogP contribution in [0.1, 0.15) is 39.0 Å². The molecule has 0 spiro atoms. The number of rotatable bonds is 5. The number of hydrogen-bond acceptors (Lipinski definition) is 2. The van der Waals surface area contributed by atoms with Gasteiger partial charge in [-0.15, -0.1) is 0 Å². The smallest absolute Gasteiger partial charge is 0.119 e. The van der Waals surface area contributed by atoms with Crippen LogP contribution in [0.2, 0.25) is 0 Å². The van der Waals surface area contributed by atoms with Gasteiger partial charge in [-0.1, -0.05) is 31.5 Å². The van der Waals surface area contributed by atoms with Gasteiger partial charge in [0.1, 0.15) is 5.75 Å². The molecule has 0 heterocycles. The Labute approximate surface area is 104 Å². The normalized spacial score (nSPS) is 28.2. The fourth-order valence-corrected chi connectivity index (χ4v) is 2.74. The van der Waals surface area contributed by atoms with E-state index in [9.17, 15) is 0 Å². The van der Waals surface area contributed by atoms with Crippen LogP contribution in [0, 0.1) is 5.92 Å². The molecular weight excluding hydrogens is 210 g/mol. The first kappa shape index (κ1) is 12.4. The minimum absolute atomic E-state index is 0.0233. The standard InChI is InChI=1S/C15H23NO/c1-2-13-8-9-15(16,12-13)10-11-17-14-6-4-3-5-7-14/h3-7,13H,2,8-12,16H2,1H3. The summed E-state index contributed by atoms with van der Waals surface area (Å²) in [5.74, 6) is 1.78. The Morgan fingerprint density at radius 1 is 1.35 bits per heavy atom. The average Bonchev–Trinajstić information content (AvgIpc) is 2.73. The zero-order valence-corrected chi connectivity index (χ0v) is 10.7. The Morgan fingerprint density at radius 3 is 2.76 bits per heavy atom. The van der Waals surface area contributed by atoms with Gasteiger partial charge in [0, 0.05) is 5.54 Å². The third-order valence-electron chi connectivity index (χ3n) is 3.93. The average molecular weight is 233 g/mol. The van der Waals surface area contributed by atoms with Crippen molar-refractivity contribution < 1.29 is 4.74 Å². The molecule has 1 aromatic rings. The Morgan fingerprint density at radius 2 is 2.12 bits per heavy atom. The van der Waals surface area contributed by atoms with Crippen LogP contribution in [0.3, 0.4) is 0 Å². The van der Waals surface area contributed by atoms with Gasteiger partial charge in [-0.3, -0.25) is 0 Å². The molecule has 0 saturated heterocycles. The number of nitrogens with two attached hydrogens (primary N) is 1. The van der Waals surface area contributed by atoms with Gasteiger partial charge in [0.25, 0.3) is 0 Å². The Bertz CT molecular complexity index is 338. The lowest BCUT2D eigenvalue weighted by Crippen LogP contribution is -2.38. The first-order valence-corrected chi connectivity index (χ1v) is 6.68. The van der Waals surface area contributed by atoms with Gasteiger partial charge in [0.15, 0.2) is 0 Å². The van der Waals surface area contributed by atoms with Crippen molar-refractivity contribution >= 4 is 0 Å². The maximum Gasteiger partial charge on any atom is 0.119 e. The Hall–Kier alpha value is -1.02. The zero-order chi connectivity index (χ0) is 12.1. The van der Waals surface area contributed by atoms with Crippen LogP contribution >= 0.6 is 0 Å². The van der Waals surface area contributed by atoms with E-state index in [1.807, 2.05) is 30.3 Å². The molecule has 1 aliphatic carbocycles. The van der Waals surface area contributed by atoms with Crippen LogP contribution in [0.5, 0.6) is 5.75 Å². The second-order valence-electron chi connectivity index (χ2n) is 5.29. The summed E-state index contributed by atoms with van der Waals surface area (Å²) in [6.45, 7) is 2.99. The molecule has 2 unspecified atom stereocenters. The van der Waals surface area contributed by atoms with Crippen molar-refractivity contribution in [3.8, 4) is 5.75 Å². The Balaban J connectivity index is 1.75. The van der Waals surface area contributed by atoms with Crippen LogP contribution in [-0.2, 0) is 0 Å². The van der Waals surface area contributed by atoms with Crippen LogP contribution in [0.15, 0.2) is 30.3 Å². The number of benzene rings is 1. The summed E-state index contributed by atoms with van der Waals surface area (Å²) in [5, 5.41) is 0. The molecule has 0 radical (unpaired) electrons. The summed E-state index contributed by atoms with van der Waals surface area (Å²) < 4.78 is 5.72. The van der Waals surface area contributed by atoms with Crippen molar-refractivity contribution in [2.45, 2.75) is 44.6 Å². The van der Waals surface area contributed by atoms with Crippen LogP contribution in [0.4, 0.5) is 0 Å². The lowest BCUT2D eigenvalue weighted by Gasteiger charge is -2.24. The Kier molecular flexibility index (Phi) is 4.06. The van der Waals surface area contributed by atoms with E-state index in [4.69, 9.17) is 10.5 Å². The second-order valence-corrected chi connectivity index (χ2v) is 5.29. The molecule has 1 aliphatic rings. The monoisotopic (exact) mass is 233 g/mol. The zero-order valence-electron chi connectivity index (χ0n) is 10.7. The number of para-hydroxylation sites is 1. The highest BCUT2D eigenvalue weighted by atomic mass is 16.5. The molecule has 0 bridgehead atoms. The molecule has 2 nitrogen and oxygen atoms in total. The molecule has 0 aliphatic heterocycles. The molecule has 94 valence electrons. The van der Waals surface area contributed by atoms with Crippen molar-refractivity contribution in [2.24, 2.45) is 11.7 Å². The fraction of sp³-hybridized carbons (Fsp3) is 0.600. The van der Waals surface area contributed by atoms with Crippen LogP contribution < -0.4 is 10.5 Å². The van der Waals surface area contributed by atoms with Crippen molar-refractivity contribution in [3.05, 3.63) is 30.3 Å². The molecule has 0 amide bonds. The molecule has 17 heavy (non-hydrogen) atoms. The molecule has 1 fully saturated rings. The van der Waals surface area contributed by atoms with E-state index < -0.39 is 0 Å². The SMILES string of the molecule is CCC1CCC(N)(CCOc2ccccc2)C1. The van der Waals surface area contributed by atoms with Crippen molar-refractivity contribution in [3.63, 3.8) is 0 Å². The van der Waals surface area contributed by atoms with Gasteiger partial charge >= 0.3 is 0 Å². The molecular formula is C15H23NO. The highest BCUT2D eigenvalue weighted by Gasteiger charge is 2.34. The molecule has 2 N–H and O–H groups in total. The van der Waals surface area contributed by atoms with E-state index in [1.54, 1.807) is 0 Å². The first-order chi connectivity index (χ1) is 8.22. The minimum Gasteiger partial charge on any atom is -0.494 e. The van der Waals surface area contributed by atoms with E-state index in [0.717, 1.165) is 31.1 Å². The summed E-state index contributed by atoms with van der Waals surface area (Å²) in [6.07, 6.45) is 5.85. The second kappa shape index (κ2) is 5.54. The molecule has 1 aromatic carbocycles. The van der Waals surface area contributed by atoms with E-state index in [-0.39, 0.29) is 5.54 Å². The summed E-state index contributed by atoms with van der Waals surface area (Å²) in [5.41, 5.74) is 6.43. The third-order valence-corrected chi connectivity index (χ3v) is 3.93. The predicted octanol–water partition coefficient (Wildman–Crippen LogP) is 3.36. The number of ether oxygens (including phenoxy) is 1. The van der Waals surface area contributed by atoms with E-state index in [2.05, 4.69) is 6.92 Å². The highest BCUT2D eigenvalue weighted by Crippen LogP contribution is 2.36. The van der Waals surface area contributed by atoms with Gasteiger partial charge < -0.3 is 10.5 Å². The largest absolute Gasteiger partial charge is 0.494 e. The van der Waals surface area contributed by atoms with E-state index in [1.165, 1.54) is 19.3 Å². The van der Waals surface area contributed by atoms with Crippen LogP contribution in [0.25, 0.3) is 0 Å². The van der Waals surface area contributed by atoms with Crippen molar-refractivity contribution in [1.29, 1.82) is 0 Å². The predicted molar refractivity (Wildman–Crippen MR) is 71.1 cm³/mol. The van der Waals surface area contributed by atoms with Gasteiger partial charge in [-0.25, -0.2) is 0 Å². The summed E-state index contributed by atoms with van der Waals surface area (Å²) in [7, 11) is 0. The maximum absolute atomic E-state index is 6.41. The molecule has 2 atom stereocenters. The molecule has 0 aromatic heterocycles. The third kappa shape index (κ3) is 3.47. The summed E-state index contributed by atoms with van der Waals surface area (Å²) in [6, 6.07) is 9.98. The molecule has 1 saturated carbocycles. The molecule has 2 rings (SSSR count).